The van der Waals surface area contributed by atoms with E-state index in [2.05, 4.69) is 23.5 Å². The molecule has 1 aliphatic carbocycles. The van der Waals surface area contributed by atoms with Gasteiger partial charge in [0, 0.05) is 30.8 Å². The van der Waals surface area contributed by atoms with Crippen LogP contribution in [0.1, 0.15) is 39.5 Å². The molecule has 1 amide bonds. The number of nitrogens with zero attached hydrogens (tertiary/aromatic N) is 1. The first-order valence-electron chi connectivity index (χ1n) is 9.04. The van der Waals surface area contributed by atoms with Crippen molar-refractivity contribution in [3.63, 3.8) is 0 Å². The third-order valence-electron chi connectivity index (χ3n) is 5.35. The van der Waals surface area contributed by atoms with Crippen molar-refractivity contribution < 1.29 is 9.53 Å². The van der Waals surface area contributed by atoms with Crippen molar-refractivity contribution in [2.75, 3.05) is 26.7 Å². The standard InChI is InChI=1S/C21H24N2O2/c1-25-20-8-3-2-7-18(20)19-14-22-11-12-23(19)21(24)17-10-9-15-5-4-6-16(15)13-17/h2-3,7-10,13,19,22H,4-6,11-12,14H2,1H3. The number of para-hydroxylation sites is 1. The number of hydrogen-bond donors (Lipinski definition) is 1. The van der Waals surface area contributed by atoms with Crippen molar-refractivity contribution in [1.82, 2.24) is 10.2 Å². The average Bonchev–Trinajstić information content (AvgIpc) is 3.15. The van der Waals surface area contributed by atoms with E-state index < -0.39 is 0 Å². The van der Waals surface area contributed by atoms with Crippen LogP contribution in [0.3, 0.4) is 0 Å². The maximum Gasteiger partial charge on any atom is 0.254 e. The maximum absolute atomic E-state index is 13.2. The summed E-state index contributed by atoms with van der Waals surface area (Å²) in [6, 6.07) is 14.2. The minimum Gasteiger partial charge on any atom is -0.496 e. The molecule has 0 aromatic heterocycles. The third kappa shape index (κ3) is 3.02. The van der Waals surface area contributed by atoms with E-state index in [9.17, 15) is 4.79 Å². The molecule has 1 unspecified atom stereocenters. The minimum atomic E-state index is -0.00865. The SMILES string of the molecule is COc1ccccc1C1CNCCN1C(=O)c1ccc2c(c1)CCC2. The summed E-state index contributed by atoms with van der Waals surface area (Å²) in [5.41, 5.74) is 4.61. The Bertz CT molecular complexity index is 787. The molecular weight excluding hydrogens is 312 g/mol. The number of fused-ring (bicyclic) bond motifs is 1. The summed E-state index contributed by atoms with van der Waals surface area (Å²) >= 11 is 0. The zero-order chi connectivity index (χ0) is 17.2. The second-order valence-electron chi connectivity index (χ2n) is 6.80. The van der Waals surface area contributed by atoms with E-state index in [1.54, 1.807) is 7.11 Å². The number of rotatable bonds is 3. The lowest BCUT2D eigenvalue weighted by molar-refractivity contribution is 0.0631. The van der Waals surface area contributed by atoms with Crippen molar-refractivity contribution in [3.8, 4) is 5.75 Å². The first-order valence-corrected chi connectivity index (χ1v) is 9.04. The van der Waals surface area contributed by atoms with Gasteiger partial charge in [0.05, 0.1) is 13.2 Å². The molecule has 25 heavy (non-hydrogen) atoms. The number of methoxy groups -OCH3 is 1. The van der Waals surface area contributed by atoms with Crippen molar-refractivity contribution >= 4 is 5.91 Å². The number of nitrogens with one attached hydrogen (secondary N) is 1. The molecule has 1 fully saturated rings. The van der Waals surface area contributed by atoms with E-state index in [4.69, 9.17) is 4.74 Å². The minimum absolute atomic E-state index is 0.00865. The van der Waals surface area contributed by atoms with E-state index in [-0.39, 0.29) is 11.9 Å². The lowest BCUT2D eigenvalue weighted by atomic mass is 9.99. The number of carbonyl (C=O) groups is 1. The number of ether oxygens (including phenoxy) is 1. The summed E-state index contributed by atoms with van der Waals surface area (Å²) in [6.45, 7) is 2.28. The molecule has 1 N–H and O–H groups in total. The molecule has 4 heteroatoms. The van der Waals surface area contributed by atoms with Crippen LogP contribution in [0.15, 0.2) is 42.5 Å². The second kappa shape index (κ2) is 6.89. The highest BCUT2D eigenvalue weighted by Crippen LogP contribution is 2.32. The second-order valence-corrected chi connectivity index (χ2v) is 6.80. The number of amides is 1. The van der Waals surface area contributed by atoms with Gasteiger partial charge in [0.2, 0.25) is 0 Å². The fraction of sp³-hybridized carbons (Fsp3) is 0.381. The molecule has 1 aliphatic heterocycles. The number of carbonyl (C=O) groups excluding carboxylic acids is 1. The highest BCUT2D eigenvalue weighted by molar-refractivity contribution is 5.95. The molecule has 2 aromatic rings. The molecule has 4 rings (SSSR count). The van der Waals surface area contributed by atoms with Gasteiger partial charge in [-0.25, -0.2) is 0 Å². The lowest BCUT2D eigenvalue weighted by Gasteiger charge is -2.37. The van der Waals surface area contributed by atoms with Gasteiger partial charge in [-0.1, -0.05) is 24.3 Å². The van der Waals surface area contributed by atoms with Crippen molar-refractivity contribution in [3.05, 3.63) is 64.7 Å². The fourth-order valence-corrected chi connectivity index (χ4v) is 4.04. The van der Waals surface area contributed by atoms with Crippen LogP contribution < -0.4 is 10.1 Å². The molecule has 0 spiro atoms. The molecule has 2 aliphatic rings. The van der Waals surface area contributed by atoms with E-state index in [0.29, 0.717) is 6.54 Å². The van der Waals surface area contributed by atoms with E-state index >= 15 is 0 Å². The zero-order valence-electron chi connectivity index (χ0n) is 14.6. The van der Waals surface area contributed by atoms with Crippen LogP contribution in [0, 0.1) is 0 Å². The number of aryl methyl sites for hydroxylation is 2. The zero-order valence-corrected chi connectivity index (χ0v) is 14.6. The predicted octanol–water partition coefficient (Wildman–Crippen LogP) is 2.97. The van der Waals surface area contributed by atoms with E-state index in [1.165, 1.54) is 17.5 Å². The summed E-state index contributed by atoms with van der Waals surface area (Å²) in [5.74, 6) is 0.954. The summed E-state index contributed by atoms with van der Waals surface area (Å²) in [5, 5.41) is 3.41. The smallest absolute Gasteiger partial charge is 0.254 e. The van der Waals surface area contributed by atoms with Crippen LogP contribution in [0.4, 0.5) is 0 Å². The van der Waals surface area contributed by atoms with E-state index in [1.807, 2.05) is 29.2 Å². The van der Waals surface area contributed by atoms with Gasteiger partial charge in [-0.3, -0.25) is 4.79 Å². The monoisotopic (exact) mass is 336 g/mol. The van der Waals surface area contributed by atoms with Crippen LogP contribution in [0.5, 0.6) is 5.75 Å². The molecular formula is C21H24N2O2. The highest BCUT2D eigenvalue weighted by Gasteiger charge is 2.30. The molecule has 4 nitrogen and oxygen atoms in total. The summed E-state index contributed by atoms with van der Waals surface area (Å²) in [6.07, 6.45) is 3.43. The Hall–Kier alpha value is -2.33. The molecule has 1 atom stereocenters. The van der Waals surface area contributed by atoms with Crippen LogP contribution in [0.2, 0.25) is 0 Å². The maximum atomic E-state index is 13.2. The molecule has 130 valence electrons. The Labute approximate surface area is 148 Å². The van der Waals surface area contributed by atoms with Crippen molar-refractivity contribution in [2.45, 2.75) is 25.3 Å². The fourth-order valence-electron chi connectivity index (χ4n) is 4.04. The Morgan fingerprint density at radius 2 is 2.00 bits per heavy atom. The number of benzene rings is 2. The topological polar surface area (TPSA) is 41.6 Å². The number of piperazine rings is 1. The highest BCUT2D eigenvalue weighted by atomic mass is 16.5. The average molecular weight is 336 g/mol. The van der Waals surface area contributed by atoms with Crippen molar-refractivity contribution in [2.24, 2.45) is 0 Å². The van der Waals surface area contributed by atoms with Gasteiger partial charge in [-0.15, -0.1) is 0 Å². The van der Waals surface area contributed by atoms with Gasteiger partial charge in [0.15, 0.2) is 0 Å². The van der Waals surface area contributed by atoms with E-state index in [0.717, 1.165) is 42.8 Å². The molecule has 1 saturated heterocycles. The van der Waals surface area contributed by atoms with Crippen LogP contribution in [-0.4, -0.2) is 37.6 Å². The third-order valence-corrected chi connectivity index (χ3v) is 5.35. The molecule has 0 bridgehead atoms. The molecule has 0 saturated carbocycles. The van der Waals surface area contributed by atoms with Gasteiger partial charge in [0.25, 0.3) is 5.91 Å². The quantitative estimate of drug-likeness (QED) is 0.937. The largest absolute Gasteiger partial charge is 0.496 e. The summed E-state index contributed by atoms with van der Waals surface area (Å²) < 4.78 is 5.53. The Balaban J connectivity index is 1.66. The normalized spacial score (nSPS) is 19.6. The molecule has 2 aromatic carbocycles. The first-order chi connectivity index (χ1) is 12.3. The van der Waals surface area contributed by atoms with Gasteiger partial charge < -0.3 is 15.0 Å². The first kappa shape index (κ1) is 16.2. The van der Waals surface area contributed by atoms with Gasteiger partial charge in [-0.2, -0.15) is 0 Å². The van der Waals surface area contributed by atoms with Crippen molar-refractivity contribution in [1.29, 1.82) is 0 Å². The van der Waals surface area contributed by atoms with Crippen LogP contribution in [-0.2, 0) is 12.8 Å². The van der Waals surface area contributed by atoms with Gasteiger partial charge in [0.1, 0.15) is 5.75 Å². The summed E-state index contributed by atoms with van der Waals surface area (Å²) in [4.78, 5) is 15.2. The number of hydrogen-bond acceptors (Lipinski definition) is 3. The Morgan fingerprint density at radius 1 is 1.16 bits per heavy atom. The van der Waals surface area contributed by atoms with Crippen LogP contribution in [0.25, 0.3) is 0 Å². The predicted molar refractivity (Wildman–Crippen MR) is 98.1 cm³/mol. The van der Waals surface area contributed by atoms with Gasteiger partial charge >= 0.3 is 0 Å². The Kier molecular flexibility index (Phi) is 4.45. The summed E-state index contributed by atoms with van der Waals surface area (Å²) in [7, 11) is 1.68. The Morgan fingerprint density at radius 3 is 2.88 bits per heavy atom. The van der Waals surface area contributed by atoms with Crippen LogP contribution >= 0.6 is 0 Å². The molecule has 1 heterocycles. The molecule has 0 radical (unpaired) electrons. The van der Waals surface area contributed by atoms with Gasteiger partial charge in [-0.05, 0) is 48.6 Å². The lowest BCUT2D eigenvalue weighted by Crippen LogP contribution is -2.48.